The van der Waals surface area contributed by atoms with Crippen LogP contribution in [0.2, 0.25) is 0 Å². The van der Waals surface area contributed by atoms with Gasteiger partial charge in [0.25, 0.3) is 10.0 Å². The maximum atomic E-state index is 13.1. The van der Waals surface area contributed by atoms with Crippen LogP contribution in [-0.4, -0.2) is 35.3 Å². The molecule has 0 radical (unpaired) electrons. The fourth-order valence-corrected chi connectivity index (χ4v) is 3.87. The Hall–Kier alpha value is -2.05. The fraction of sp³-hybridized carbons (Fsp3) is 0.368. The van der Waals surface area contributed by atoms with Crippen molar-refractivity contribution in [2.24, 2.45) is 0 Å². The summed E-state index contributed by atoms with van der Waals surface area (Å²) in [5.41, 5.74) is 0.677. The van der Waals surface area contributed by atoms with E-state index in [0.717, 1.165) is 12.8 Å². The van der Waals surface area contributed by atoms with Crippen LogP contribution in [0.5, 0.6) is 5.75 Å². The second-order valence-corrected chi connectivity index (χ2v) is 7.44. The van der Waals surface area contributed by atoms with Crippen LogP contribution in [0, 0.1) is 0 Å². The van der Waals surface area contributed by atoms with Crippen molar-refractivity contribution in [3.05, 3.63) is 54.6 Å². The molecule has 0 saturated heterocycles. The van der Waals surface area contributed by atoms with Gasteiger partial charge in [0, 0.05) is 13.7 Å². The number of benzene rings is 2. The first-order valence-electron chi connectivity index (χ1n) is 8.39. The lowest BCUT2D eigenvalue weighted by Crippen LogP contribution is -2.32. The molecule has 0 bridgehead atoms. The van der Waals surface area contributed by atoms with E-state index in [-0.39, 0.29) is 4.90 Å². The normalized spacial score (nSPS) is 11.3. The summed E-state index contributed by atoms with van der Waals surface area (Å²) in [6.45, 7) is 3.41. The van der Waals surface area contributed by atoms with Gasteiger partial charge in [0.2, 0.25) is 0 Å². The number of unbranched alkanes of at least 4 members (excludes halogenated alkanes) is 1. The van der Waals surface area contributed by atoms with Crippen molar-refractivity contribution >= 4 is 15.7 Å². The van der Waals surface area contributed by atoms with Crippen molar-refractivity contribution in [2.45, 2.75) is 24.7 Å². The number of para-hydroxylation sites is 1. The summed E-state index contributed by atoms with van der Waals surface area (Å²) in [4.78, 5) is 0.256. The molecule has 0 aliphatic heterocycles. The molecule has 0 amide bonds. The molecular weight excluding hydrogens is 338 g/mol. The van der Waals surface area contributed by atoms with Gasteiger partial charge in [0.05, 0.1) is 17.2 Å². The molecule has 0 heterocycles. The van der Waals surface area contributed by atoms with Gasteiger partial charge in [0.15, 0.2) is 0 Å². The predicted molar refractivity (Wildman–Crippen MR) is 99.7 cm³/mol. The van der Waals surface area contributed by atoms with E-state index >= 15 is 0 Å². The highest BCUT2D eigenvalue weighted by atomic mass is 32.2. The minimum absolute atomic E-state index is 0.256. The predicted octanol–water partition coefficient (Wildman–Crippen LogP) is 3.71. The summed E-state index contributed by atoms with van der Waals surface area (Å²) in [5, 5.41) is 0. The zero-order valence-corrected chi connectivity index (χ0v) is 15.5. The zero-order chi connectivity index (χ0) is 18.1. The molecule has 5 nitrogen and oxygen atoms in total. The smallest absolute Gasteiger partial charge is 0.264 e. The van der Waals surface area contributed by atoms with E-state index in [0.29, 0.717) is 31.2 Å². The quantitative estimate of drug-likeness (QED) is 0.604. The molecule has 6 heteroatoms. The van der Waals surface area contributed by atoms with Crippen LogP contribution in [0.15, 0.2) is 59.5 Å². The van der Waals surface area contributed by atoms with Crippen molar-refractivity contribution in [2.75, 3.05) is 31.2 Å². The lowest BCUT2D eigenvalue weighted by atomic mass is 10.3. The fourth-order valence-electron chi connectivity index (χ4n) is 2.36. The summed E-state index contributed by atoms with van der Waals surface area (Å²) in [6, 6.07) is 15.7. The van der Waals surface area contributed by atoms with Crippen LogP contribution in [0.25, 0.3) is 0 Å². The first kappa shape index (κ1) is 19.3. The Bertz CT molecular complexity index is 730. The maximum absolute atomic E-state index is 13.1. The van der Waals surface area contributed by atoms with Crippen molar-refractivity contribution in [3.63, 3.8) is 0 Å². The third kappa shape index (κ3) is 5.21. The topological polar surface area (TPSA) is 55.8 Å². The number of nitrogens with zero attached hydrogens (tertiary/aromatic N) is 1. The van der Waals surface area contributed by atoms with E-state index in [4.69, 9.17) is 9.47 Å². The van der Waals surface area contributed by atoms with E-state index in [1.54, 1.807) is 31.4 Å². The van der Waals surface area contributed by atoms with Gasteiger partial charge in [-0.15, -0.1) is 0 Å². The minimum atomic E-state index is -3.62. The summed E-state index contributed by atoms with van der Waals surface area (Å²) in [6.07, 6.45) is 1.72. The molecule has 2 rings (SSSR count). The number of hydrogen-bond donors (Lipinski definition) is 0. The van der Waals surface area contributed by atoms with E-state index in [2.05, 4.69) is 0 Å². The molecular formula is C19H25NO4S. The van der Waals surface area contributed by atoms with Crippen LogP contribution >= 0.6 is 0 Å². The summed E-state index contributed by atoms with van der Waals surface area (Å²) in [5.74, 6) is 0.621. The summed E-state index contributed by atoms with van der Waals surface area (Å²) < 4.78 is 38.0. The largest absolute Gasteiger partial charge is 0.491 e. The van der Waals surface area contributed by atoms with E-state index in [1.165, 1.54) is 4.31 Å². The number of hydrogen-bond acceptors (Lipinski definition) is 4. The Morgan fingerprint density at radius 3 is 2.24 bits per heavy atom. The van der Waals surface area contributed by atoms with Gasteiger partial charge in [-0.1, -0.05) is 31.5 Å². The highest BCUT2D eigenvalue weighted by Crippen LogP contribution is 2.25. The molecule has 0 aliphatic carbocycles. The molecule has 0 fully saturated rings. The highest BCUT2D eigenvalue weighted by Gasteiger charge is 2.24. The molecule has 25 heavy (non-hydrogen) atoms. The molecule has 0 saturated carbocycles. The number of methoxy groups -OCH3 is 1. The molecule has 0 spiro atoms. The summed E-state index contributed by atoms with van der Waals surface area (Å²) in [7, 11) is -2.01. The molecule has 0 unspecified atom stereocenters. The molecule has 0 N–H and O–H groups in total. The van der Waals surface area contributed by atoms with E-state index in [9.17, 15) is 8.42 Å². The minimum Gasteiger partial charge on any atom is -0.491 e. The lowest BCUT2D eigenvalue weighted by Gasteiger charge is -2.24. The van der Waals surface area contributed by atoms with Crippen LogP contribution in [0.1, 0.15) is 19.8 Å². The second-order valence-electron chi connectivity index (χ2n) is 5.58. The summed E-state index contributed by atoms with van der Waals surface area (Å²) >= 11 is 0. The second kappa shape index (κ2) is 9.44. The van der Waals surface area contributed by atoms with Gasteiger partial charge in [-0.05, 0) is 42.8 Å². The highest BCUT2D eigenvalue weighted by molar-refractivity contribution is 7.92. The first-order chi connectivity index (χ1) is 12.1. The average Bonchev–Trinajstić information content (AvgIpc) is 2.63. The van der Waals surface area contributed by atoms with Crippen molar-refractivity contribution in [1.29, 1.82) is 0 Å². The number of anilines is 1. The molecule has 2 aromatic rings. The van der Waals surface area contributed by atoms with Gasteiger partial charge in [-0.25, -0.2) is 8.42 Å². The number of ether oxygens (including phenoxy) is 2. The number of sulfonamides is 1. The van der Waals surface area contributed by atoms with Gasteiger partial charge >= 0.3 is 0 Å². The molecule has 0 aliphatic rings. The van der Waals surface area contributed by atoms with Gasteiger partial charge < -0.3 is 9.47 Å². The van der Waals surface area contributed by atoms with Gasteiger partial charge in [0.1, 0.15) is 12.4 Å². The van der Waals surface area contributed by atoms with Crippen LogP contribution in [0.3, 0.4) is 0 Å². The monoisotopic (exact) mass is 363 g/mol. The average molecular weight is 363 g/mol. The van der Waals surface area contributed by atoms with Gasteiger partial charge in [-0.2, -0.15) is 0 Å². The first-order valence-corrected chi connectivity index (χ1v) is 9.83. The Kier molecular flexibility index (Phi) is 7.28. The van der Waals surface area contributed by atoms with E-state index < -0.39 is 10.0 Å². The Morgan fingerprint density at radius 2 is 1.64 bits per heavy atom. The SMILES string of the molecule is CCCCN(c1ccccc1)S(=O)(=O)c1ccc(OCCOC)cc1. The van der Waals surface area contributed by atoms with Gasteiger partial charge in [-0.3, -0.25) is 4.31 Å². The Morgan fingerprint density at radius 1 is 0.960 bits per heavy atom. The molecule has 0 atom stereocenters. The van der Waals surface area contributed by atoms with Crippen LogP contribution < -0.4 is 9.04 Å². The zero-order valence-electron chi connectivity index (χ0n) is 14.7. The third-order valence-corrected chi connectivity index (χ3v) is 5.57. The Balaban J connectivity index is 2.24. The molecule has 136 valence electrons. The maximum Gasteiger partial charge on any atom is 0.264 e. The van der Waals surface area contributed by atoms with Crippen molar-refractivity contribution in [3.8, 4) is 5.75 Å². The Labute approximate surface area is 150 Å². The van der Waals surface area contributed by atoms with Crippen molar-refractivity contribution < 1.29 is 17.9 Å². The van der Waals surface area contributed by atoms with Crippen molar-refractivity contribution in [1.82, 2.24) is 0 Å². The van der Waals surface area contributed by atoms with E-state index in [1.807, 2.05) is 37.3 Å². The lowest BCUT2D eigenvalue weighted by molar-refractivity contribution is 0.146. The molecule has 0 aromatic heterocycles. The standard InChI is InChI=1S/C19H25NO4S/c1-3-4-14-20(17-8-6-5-7-9-17)25(21,22)19-12-10-18(11-13-19)24-16-15-23-2/h5-13H,3-4,14-16H2,1-2H3. The van der Waals surface area contributed by atoms with Crippen LogP contribution in [-0.2, 0) is 14.8 Å². The number of rotatable bonds is 10. The third-order valence-electron chi connectivity index (χ3n) is 3.73. The molecule has 2 aromatic carbocycles. The van der Waals surface area contributed by atoms with Crippen LogP contribution in [0.4, 0.5) is 5.69 Å².